The monoisotopic (exact) mass is 289 g/mol. The van der Waals surface area contributed by atoms with Gasteiger partial charge in [-0.2, -0.15) is 0 Å². The zero-order valence-electron chi connectivity index (χ0n) is 12.0. The fourth-order valence-electron chi connectivity index (χ4n) is 1.90. The quantitative estimate of drug-likeness (QED) is 0.904. The fraction of sp³-hybridized carbons (Fsp3) is 0.267. The molecule has 0 saturated heterocycles. The molecule has 1 aromatic carbocycles. The van der Waals surface area contributed by atoms with Gasteiger partial charge in [0, 0.05) is 6.20 Å². The van der Waals surface area contributed by atoms with Crippen molar-refractivity contribution in [1.82, 2.24) is 9.97 Å². The van der Waals surface area contributed by atoms with E-state index in [-0.39, 0.29) is 17.4 Å². The predicted octanol–water partition coefficient (Wildman–Crippen LogP) is 3.10. The molecule has 5 nitrogen and oxygen atoms in total. The molecule has 2 N–H and O–H groups in total. The number of carboxylic acid groups (broad SMARTS) is 1. The highest BCUT2D eigenvalue weighted by molar-refractivity contribution is 5.88. The highest BCUT2D eigenvalue weighted by Gasteiger charge is 2.12. The highest BCUT2D eigenvalue weighted by atomic mass is 19.1. The lowest BCUT2D eigenvalue weighted by atomic mass is 10.1. The zero-order chi connectivity index (χ0) is 15.6. The number of carbonyl (C=O) groups is 1. The Balaban J connectivity index is 2.19. The van der Waals surface area contributed by atoms with E-state index in [1.54, 1.807) is 19.9 Å². The van der Waals surface area contributed by atoms with E-state index < -0.39 is 5.97 Å². The second-order valence-corrected chi connectivity index (χ2v) is 4.87. The van der Waals surface area contributed by atoms with Crippen LogP contribution in [0.4, 0.5) is 10.3 Å². The molecule has 0 radical (unpaired) electrons. The maximum atomic E-state index is 13.6. The van der Waals surface area contributed by atoms with E-state index in [1.807, 2.05) is 13.0 Å². The third-order valence-electron chi connectivity index (χ3n) is 3.25. The van der Waals surface area contributed by atoms with Gasteiger partial charge in [-0.15, -0.1) is 0 Å². The number of aryl methyl sites for hydroxylation is 2. The van der Waals surface area contributed by atoms with Crippen LogP contribution in [-0.4, -0.2) is 21.0 Å². The molecule has 0 bridgehead atoms. The van der Waals surface area contributed by atoms with E-state index in [0.717, 1.165) is 5.56 Å². The van der Waals surface area contributed by atoms with Crippen LogP contribution in [0.1, 0.15) is 40.1 Å². The van der Waals surface area contributed by atoms with Gasteiger partial charge in [-0.25, -0.2) is 19.2 Å². The first-order valence-electron chi connectivity index (χ1n) is 6.48. The molecule has 0 aliphatic heterocycles. The van der Waals surface area contributed by atoms with E-state index in [0.29, 0.717) is 17.2 Å². The van der Waals surface area contributed by atoms with Gasteiger partial charge in [0.1, 0.15) is 5.82 Å². The van der Waals surface area contributed by atoms with Crippen molar-refractivity contribution in [1.29, 1.82) is 0 Å². The normalized spacial score (nSPS) is 12.0. The van der Waals surface area contributed by atoms with Crippen molar-refractivity contribution in [3.63, 3.8) is 0 Å². The average molecular weight is 289 g/mol. The van der Waals surface area contributed by atoms with Crippen molar-refractivity contribution < 1.29 is 14.3 Å². The summed E-state index contributed by atoms with van der Waals surface area (Å²) >= 11 is 0. The molecule has 110 valence electrons. The van der Waals surface area contributed by atoms with Crippen LogP contribution in [0, 0.1) is 19.7 Å². The molecule has 1 aromatic heterocycles. The number of aromatic nitrogens is 2. The number of nitrogens with zero attached hydrogens (tertiary/aromatic N) is 2. The minimum atomic E-state index is -1.06. The van der Waals surface area contributed by atoms with Crippen LogP contribution in [0.5, 0.6) is 0 Å². The summed E-state index contributed by atoms with van der Waals surface area (Å²) in [5.41, 5.74) is 1.79. The molecule has 0 spiro atoms. The van der Waals surface area contributed by atoms with Crippen LogP contribution >= 0.6 is 0 Å². The molecular formula is C15H16FN3O2. The Morgan fingerprint density at radius 1 is 1.38 bits per heavy atom. The average Bonchev–Trinajstić information content (AvgIpc) is 2.41. The molecule has 0 aliphatic rings. The van der Waals surface area contributed by atoms with Gasteiger partial charge >= 0.3 is 5.97 Å². The number of hydrogen-bond donors (Lipinski definition) is 2. The Hall–Kier alpha value is -2.50. The molecule has 6 heteroatoms. The molecule has 1 atom stereocenters. The summed E-state index contributed by atoms with van der Waals surface area (Å²) in [6.45, 7) is 5.16. The summed E-state index contributed by atoms with van der Waals surface area (Å²) in [5, 5.41) is 12.0. The largest absolute Gasteiger partial charge is 0.478 e. The molecular weight excluding hydrogens is 273 g/mol. The maximum absolute atomic E-state index is 13.6. The summed E-state index contributed by atoms with van der Waals surface area (Å²) in [6.07, 6.45) is 1.26. The highest BCUT2D eigenvalue weighted by Crippen LogP contribution is 2.19. The zero-order valence-corrected chi connectivity index (χ0v) is 12.0. The molecule has 0 amide bonds. The van der Waals surface area contributed by atoms with Gasteiger partial charge in [0.05, 0.1) is 17.3 Å². The van der Waals surface area contributed by atoms with Crippen molar-refractivity contribution in [3.05, 3.63) is 52.6 Å². The smallest absolute Gasteiger partial charge is 0.339 e. The maximum Gasteiger partial charge on any atom is 0.339 e. The Kier molecular flexibility index (Phi) is 4.16. The first-order chi connectivity index (χ1) is 9.88. The van der Waals surface area contributed by atoms with E-state index in [2.05, 4.69) is 15.3 Å². The summed E-state index contributed by atoms with van der Waals surface area (Å²) in [7, 11) is 0. The second kappa shape index (κ2) is 5.87. The van der Waals surface area contributed by atoms with E-state index in [4.69, 9.17) is 5.11 Å². The molecule has 0 aliphatic carbocycles. The SMILES string of the molecule is Cc1ccc(C(C)Nc2ncc(C(=O)O)c(C)n2)cc1F. The number of benzene rings is 1. The van der Waals surface area contributed by atoms with Gasteiger partial charge in [-0.3, -0.25) is 0 Å². The number of carboxylic acids is 1. The van der Waals surface area contributed by atoms with Crippen LogP contribution < -0.4 is 5.32 Å². The molecule has 2 aromatic rings. The lowest BCUT2D eigenvalue weighted by molar-refractivity contribution is 0.0695. The number of nitrogens with one attached hydrogen (secondary N) is 1. The molecule has 2 rings (SSSR count). The Morgan fingerprint density at radius 2 is 2.10 bits per heavy atom. The molecule has 0 saturated carbocycles. The van der Waals surface area contributed by atoms with E-state index in [1.165, 1.54) is 12.3 Å². The van der Waals surface area contributed by atoms with Crippen molar-refractivity contribution in [3.8, 4) is 0 Å². The van der Waals surface area contributed by atoms with Gasteiger partial charge in [0.2, 0.25) is 5.95 Å². The molecule has 1 heterocycles. The van der Waals surface area contributed by atoms with Crippen molar-refractivity contribution in [2.75, 3.05) is 5.32 Å². The predicted molar refractivity (Wildman–Crippen MR) is 76.9 cm³/mol. The second-order valence-electron chi connectivity index (χ2n) is 4.87. The van der Waals surface area contributed by atoms with Crippen molar-refractivity contribution in [2.45, 2.75) is 26.8 Å². The Labute approximate surface area is 121 Å². The third kappa shape index (κ3) is 3.34. The van der Waals surface area contributed by atoms with Crippen molar-refractivity contribution in [2.24, 2.45) is 0 Å². The van der Waals surface area contributed by atoms with Crippen LogP contribution in [0.25, 0.3) is 0 Å². The third-order valence-corrected chi connectivity index (χ3v) is 3.25. The molecule has 21 heavy (non-hydrogen) atoms. The van der Waals surface area contributed by atoms with E-state index in [9.17, 15) is 9.18 Å². The number of halogens is 1. The minimum Gasteiger partial charge on any atom is -0.478 e. The van der Waals surface area contributed by atoms with Gasteiger partial charge < -0.3 is 10.4 Å². The lowest BCUT2D eigenvalue weighted by Crippen LogP contribution is -2.12. The van der Waals surface area contributed by atoms with Crippen molar-refractivity contribution >= 4 is 11.9 Å². The summed E-state index contributed by atoms with van der Waals surface area (Å²) in [4.78, 5) is 19.0. The fourth-order valence-corrected chi connectivity index (χ4v) is 1.90. The van der Waals surface area contributed by atoms with Crippen LogP contribution in [-0.2, 0) is 0 Å². The van der Waals surface area contributed by atoms with Crippen LogP contribution in [0.3, 0.4) is 0 Å². The Morgan fingerprint density at radius 3 is 2.67 bits per heavy atom. The number of aromatic carboxylic acids is 1. The van der Waals surface area contributed by atoms with Crippen LogP contribution in [0.15, 0.2) is 24.4 Å². The first kappa shape index (κ1) is 14.9. The summed E-state index contributed by atoms with van der Waals surface area (Å²) < 4.78 is 13.6. The lowest BCUT2D eigenvalue weighted by Gasteiger charge is -2.15. The molecule has 1 unspecified atom stereocenters. The summed E-state index contributed by atoms with van der Waals surface area (Å²) in [6, 6.07) is 4.80. The first-order valence-corrected chi connectivity index (χ1v) is 6.48. The van der Waals surface area contributed by atoms with Gasteiger partial charge in [-0.1, -0.05) is 12.1 Å². The Bertz CT molecular complexity index is 689. The topological polar surface area (TPSA) is 75.1 Å². The van der Waals surface area contributed by atoms with Gasteiger partial charge in [0.25, 0.3) is 0 Å². The van der Waals surface area contributed by atoms with E-state index >= 15 is 0 Å². The summed E-state index contributed by atoms with van der Waals surface area (Å²) in [5.74, 6) is -1.02. The van der Waals surface area contributed by atoms with Crippen LogP contribution in [0.2, 0.25) is 0 Å². The standard InChI is InChI=1S/C15H16FN3O2/c1-8-4-5-11(6-13(8)16)9(2)18-15-17-7-12(14(20)21)10(3)19-15/h4-7,9H,1-3H3,(H,20,21)(H,17,18,19). The number of anilines is 1. The molecule has 0 fully saturated rings. The number of hydrogen-bond acceptors (Lipinski definition) is 4. The van der Waals surface area contributed by atoms with Gasteiger partial charge in [0.15, 0.2) is 0 Å². The van der Waals surface area contributed by atoms with Gasteiger partial charge in [-0.05, 0) is 38.0 Å². The number of rotatable bonds is 4. The minimum absolute atomic E-state index is 0.0644.